The first-order valence-corrected chi connectivity index (χ1v) is 7.81. The Bertz CT molecular complexity index is 371. The van der Waals surface area contributed by atoms with Crippen molar-refractivity contribution < 1.29 is 0 Å². The van der Waals surface area contributed by atoms with Crippen LogP contribution in [0.15, 0.2) is 28.7 Å². The first-order chi connectivity index (χ1) is 8.83. The number of unbranched alkanes of at least 4 members (excludes halogenated alkanes) is 1. The average Bonchev–Trinajstić information content (AvgIpc) is 2.42. The summed E-state index contributed by atoms with van der Waals surface area (Å²) in [7, 11) is 0. The lowest BCUT2D eigenvalue weighted by Gasteiger charge is -2.35. The van der Waals surface area contributed by atoms with Crippen LogP contribution >= 0.6 is 40.7 Å². The molecule has 1 aliphatic rings. The molecular formula is C15H25BrCl2N2. The van der Waals surface area contributed by atoms with Crippen LogP contribution in [-0.4, -0.2) is 31.1 Å². The lowest BCUT2D eigenvalue weighted by atomic mass is 9.99. The van der Waals surface area contributed by atoms with E-state index in [2.05, 4.69) is 57.3 Å². The molecule has 116 valence electrons. The zero-order valence-corrected chi connectivity index (χ0v) is 15.2. The fraction of sp³-hybridized carbons (Fsp3) is 0.600. The maximum absolute atomic E-state index is 3.71. The highest BCUT2D eigenvalue weighted by atomic mass is 79.9. The van der Waals surface area contributed by atoms with E-state index >= 15 is 0 Å². The number of halogens is 3. The van der Waals surface area contributed by atoms with Crippen molar-refractivity contribution in [3.05, 3.63) is 34.3 Å². The molecule has 2 nitrogen and oxygen atoms in total. The largest absolute Gasteiger partial charge is 0.314 e. The quantitative estimate of drug-likeness (QED) is 0.808. The van der Waals surface area contributed by atoms with E-state index in [0.717, 1.165) is 26.2 Å². The van der Waals surface area contributed by atoms with Crippen LogP contribution in [0, 0.1) is 0 Å². The lowest BCUT2D eigenvalue weighted by molar-refractivity contribution is 0.162. The van der Waals surface area contributed by atoms with Gasteiger partial charge in [-0.15, -0.1) is 24.8 Å². The molecule has 1 fully saturated rings. The summed E-state index contributed by atoms with van der Waals surface area (Å²) in [5.74, 6) is 0. The van der Waals surface area contributed by atoms with Crippen molar-refractivity contribution >= 4 is 40.7 Å². The number of nitrogens with zero attached hydrogens (tertiary/aromatic N) is 1. The van der Waals surface area contributed by atoms with E-state index in [9.17, 15) is 0 Å². The zero-order valence-electron chi connectivity index (χ0n) is 12.0. The molecule has 0 amide bonds. The van der Waals surface area contributed by atoms with E-state index in [0.29, 0.717) is 6.04 Å². The molecule has 1 aromatic carbocycles. The van der Waals surface area contributed by atoms with Gasteiger partial charge in [0.05, 0.1) is 0 Å². The summed E-state index contributed by atoms with van der Waals surface area (Å²) >= 11 is 3.71. The van der Waals surface area contributed by atoms with Crippen molar-refractivity contribution in [3.63, 3.8) is 0 Å². The van der Waals surface area contributed by atoms with E-state index < -0.39 is 0 Å². The molecule has 0 spiro atoms. The third kappa shape index (κ3) is 5.53. The van der Waals surface area contributed by atoms with Gasteiger partial charge in [0.2, 0.25) is 0 Å². The minimum absolute atomic E-state index is 0. The third-order valence-corrected chi connectivity index (χ3v) is 4.41. The van der Waals surface area contributed by atoms with Crippen LogP contribution in [0.4, 0.5) is 0 Å². The summed E-state index contributed by atoms with van der Waals surface area (Å²) in [6.45, 7) is 6.83. The number of piperazine rings is 1. The summed E-state index contributed by atoms with van der Waals surface area (Å²) in [5.41, 5.74) is 1.45. The second kappa shape index (κ2) is 10.9. The van der Waals surface area contributed by atoms with Crippen LogP contribution < -0.4 is 5.32 Å². The Morgan fingerprint density at radius 3 is 2.45 bits per heavy atom. The first kappa shape index (κ1) is 20.2. The molecule has 1 saturated heterocycles. The molecule has 2 rings (SSSR count). The molecular weight excluding hydrogens is 359 g/mol. The molecule has 0 radical (unpaired) electrons. The van der Waals surface area contributed by atoms with Gasteiger partial charge in [0.1, 0.15) is 0 Å². The Labute approximate surface area is 143 Å². The van der Waals surface area contributed by atoms with Crippen molar-refractivity contribution in [2.45, 2.75) is 32.2 Å². The van der Waals surface area contributed by atoms with Gasteiger partial charge in [-0.1, -0.05) is 53.9 Å². The number of hydrogen-bond acceptors (Lipinski definition) is 2. The van der Waals surface area contributed by atoms with Gasteiger partial charge in [0.15, 0.2) is 0 Å². The average molecular weight is 384 g/mol. The Balaban J connectivity index is 0.00000180. The molecule has 0 bridgehead atoms. The lowest BCUT2D eigenvalue weighted by Crippen LogP contribution is -2.45. The summed E-state index contributed by atoms with van der Waals surface area (Å²) < 4.78 is 1.25. The van der Waals surface area contributed by atoms with E-state index in [1.165, 1.54) is 29.3 Å². The fourth-order valence-electron chi connectivity index (χ4n) is 2.67. The smallest absolute Gasteiger partial charge is 0.0360 e. The molecule has 0 aromatic heterocycles. The highest BCUT2D eigenvalue weighted by molar-refractivity contribution is 9.10. The van der Waals surface area contributed by atoms with Crippen LogP contribution in [0.25, 0.3) is 0 Å². The summed E-state index contributed by atoms with van der Waals surface area (Å²) in [6.07, 6.45) is 3.84. The number of nitrogens with one attached hydrogen (secondary N) is 1. The number of rotatable bonds is 5. The monoisotopic (exact) mass is 382 g/mol. The van der Waals surface area contributed by atoms with Gasteiger partial charge in [-0.05, 0) is 18.1 Å². The molecule has 1 aromatic rings. The molecule has 0 saturated carbocycles. The molecule has 1 N–H and O–H groups in total. The van der Waals surface area contributed by atoms with E-state index in [1.807, 2.05) is 0 Å². The van der Waals surface area contributed by atoms with Crippen molar-refractivity contribution in [1.29, 1.82) is 0 Å². The van der Waals surface area contributed by atoms with Gasteiger partial charge in [0, 0.05) is 36.7 Å². The maximum Gasteiger partial charge on any atom is 0.0360 e. The number of hydrogen-bond donors (Lipinski definition) is 1. The molecule has 0 aliphatic carbocycles. The third-order valence-electron chi connectivity index (χ3n) is 3.69. The van der Waals surface area contributed by atoms with Gasteiger partial charge >= 0.3 is 0 Å². The van der Waals surface area contributed by atoms with E-state index in [1.54, 1.807) is 0 Å². The predicted molar refractivity (Wildman–Crippen MR) is 95.3 cm³/mol. The van der Waals surface area contributed by atoms with Gasteiger partial charge in [-0.25, -0.2) is 0 Å². The van der Waals surface area contributed by atoms with Crippen LogP contribution in [0.3, 0.4) is 0 Å². The SMILES string of the molecule is CCCC[C@H](c1ccccc1Br)N1CCNCC1.Cl.Cl. The molecule has 0 unspecified atom stereocenters. The molecule has 1 aliphatic heterocycles. The molecule has 20 heavy (non-hydrogen) atoms. The maximum atomic E-state index is 3.71. The topological polar surface area (TPSA) is 15.3 Å². The highest BCUT2D eigenvalue weighted by Crippen LogP contribution is 2.31. The van der Waals surface area contributed by atoms with Gasteiger partial charge in [0.25, 0.3) is 0 Å². The summed E-state index contributed by atoms with van der Waals surface area (Å²) in [6, 6.07) is 9.26. The van der Waals surface area contributed by atoms with E-state index in [4.69, 9.17) is 0 Å². The first-order valence-electron chi connectivity index (χ1n) is 7.02. The standard InChI is InChI=1S/C15H23BrN2.2ClH/c1-2-3-8-15(18-11-9-17-10-12-18)13-6-4-5-7-14(13)16;;/h4-7,15,17H,2-3,8-12H2,1H3;2*1H/t15-;;/m1../s1. The Hall–Kier alpha value is 0.200. The number of benzene rings is 1. The van der Waals surface area contributed by atoms with E-state index in [-0.39, 0.29) is 24.8 Å². The highest BCUT2D eigenvalue weighted by Gasteiger charge is 2.22. The zero-order chi connectivity index (χ0) is 12.8. The van der Waals surface area contributed by atoms with Gasteiger partial charge in [-0.3, -0.25) is 4.90 Å². The van der Waals surface area contributed by atoms with Crippen LogP contribution in [0.1, 0.15) is 37.8 Å². The summed E-state index contributed by atoms with van der Waals surface area (Å²) in [4.78, 5) is 2.63. The normalized spacial score (nSPS) is 16.9. The predicted octanol–water partition coefficient (Wildman–Crippen LogP) is 4.43. The van der Waals surface area contributed by atoms with Crippen molar-refractivity contribution in [3.8, 4) is 0 Å². The molecule has 5 heteroatoms. The summed E-state index contributed by atoms with van der Waals surface area (Å²) in [5, 5.41) is 3.44. The Morgan fingerprint density at radius 2 is 1.85 bits per heavy atom. The molecule has 1 atom stereocenters. The van der Waals surface area contributed by atoms with Gasteiger partial charge < -0.3 is 5.32 Å². The Morgan fingerprint density at radius 1 is 1.20 bits per heavy atom. The second-order valence-corrected chi connectivity index (χ2v) is 5.82. The van der Waals surface area contributed by atoms with Gasteiger partial charge in [-0.2, -0.15) is 0 Å². The fourth-order valence-corrected chi connectivity index (χ4v) is 3.22. The Kier molecular flexibility index (Phi) is 11.0. The second-order valence-electron chi connectivity index (χ2n) is 4.97. The van der Waals surface area contributed by atoms with Crippen molar-refractivity contribution in [2.75, 3.05) is 26.2 Å². The van der Waals surface area contributed by atoms with Crippen LogP contribution in [0.2, 0.25) is 0 Å². The molecule has 1 heterocycles. The minimum atomic E-state index is 0. The van der Waals surface area contributed by atoms with Crippen molar-refractivity contribution in [2.24, 2.45) is 0 Å². The van der Waals surface area contributed by atoms with Crippen molar-refractivity contribution in [1.82, 2.24) is 10.2 Å². The van der Waals surface area contributed by atoms with Crippen LogP contribution in [0.5, 0.6) is 0 Å². The van der Waals surface area contributed by atoms with Crippen LogP contribution in [-0.2, 0) is 0 Å². The minimum Gasteiger partial charge on any atom is -0.314 e.